The highest BCUT2D eigenvalue weighted by Gasteiger charge is 2.04. The Hall–Kier alpha value is -1.74. The molecule has 1 aromatic carbocycles. The second-order valence-electron chi connectivity index (χ2n) is 4.17. The molecule has 1 aromatic heterocycles. The Labute approximate surface area is 111 Å². The third kappa shape index (κ3) is 3.37. The zero-order chi connectivity index (χ0) is 13.0. The molecule has 0 spiro atoms. The Bertz CT molecular complexity index is 531. The standard InChI is InChI=1S/C14H15ClN2O/c1-17-10-2-3-13(17)8-9-14(18)16-12-6-4-11(15)5-7-12/h2-7,10H,8-9H2,1H3,(H,16,18). The van der Waals surface area contributed by atoms with Gasteiger partial charge in [0.1, 0.15) is 0 Å². The second kappa shape index (κ2) is 5.74. The van der Waals surface area contributed by atoms with Gasteiger partial charge in [0.15, 0.2) is 0 Å². The van der Waals surface area contributed by atoms with Gasteiger partial charge in [-0.1, -0.05) is 11.6 Å². The topological polar surface area (TPSA) is 34.0 Å². The van der Waals surface area contributed by atoms with Crippen molar-refractivity contribution in [1.82, 2.24) is 4.57 Å². The summed E-state index contributed by atoms with van der Waals surface area (Å²) < 4.78 is 2.02. The number of carbonyl (C=O) groups excluding carboxylic acids is 1. The maximum absolute atomic E-state index is 11.8. The monoisotopic (exact) mass is 262 g/mol. The van der Waals surface area contributed by atoms with Crippen molar-refractivity contribution in [3.8, 4) is 0 Å². The average Bonchev–Trinajstić information content (AvgIpc) is 2.75. The van der Waals surface area contributed by atoms with Crippen LogP contribution in [0.2, 0.25) is 5.02 Å². The largest absolute Gasteiger partial charge is 0.354 e. The van der Waals surface area contributed by atoms with Crippen molar-refractivity contribution in [2.75, 3.05) is 5.32 Å². The van der Waals surface area contributed by atoms with Crippen LogP contribution in [0.1, 0.15) is 12.1 Å². The SMILES string of the molecule is Cn1cccc1CCC(=O)Nc1ccc(Cl)cc1. The molecule has 0 fully saturated rings. The predicted molar refractivity (Wildman–Crippen MR) is 73.8 cm³/mol. The van der Waals surface area contributed by atoms with E-state index < -0.39 is 0 Å². The van der Waals surface area contributed by atoms with Crippen LogP contribution in [0.25, 0.3) is 0 Å². The number of hydrogen-bond acceptors (Lipinski definition) is 1. The van der Waals surface area contributed by atoms with Crippen LogP contribution in [-0.2, 0) is 18.3 Å². The van der Waals surface area contributed by atoms with Crippen LogP contribution < -0.4 is 5.32 Å². The van der Waals surface area contributed by atoms with E-state index in [0.29, 0.717) is 11.4 Å². The minimum absolute atomic E-state index is 0.0125. The normalized spacial score (nSPS) is 10.3. The van der Waals surface area contributed by atoms with E-state index in [0.717, 1.165) is 17.8 Å². The van der Waals surface area contributed by atoms with Crippen LogP contribution >= 0.6 is 11.6 Å². The third-order valence-corrected chi connectivity index (χ3v) is 3.04. The predicted octanol–water partition coefficient (Wildman–Crippen LogP) is 3.25. The van der Waals surface area contributed by atoms with Crippen LogP contribution in [0.3, 0.4) is 0 Å². The minimum Gasteiger partial charge on any atom is -0.354 e. The summed E-state index contributed by atoms with van der Waals surface area (Å²) >= 11 is 5.78. The van der Waals surface area contributed by atoms with Crippen molar-refractivity contribution >= 4 is 23.2 Å². The molecule has 0 aliphatic heterocycles. The molecule has 1 N–H and O–H groups in total. The maximum atomic E-state index is 11.8. The summed E-state index contributed by atoms with van der Waals surface area (Å²) in [5.74, 6) is 0.0125. The van der Waals surface area contributed by atoms with E-state index in [-0.39, 0.29) is 5.91 Å². The van der Waals surface area contributed by atoms with Crippen molar-refractivity contribution in [3.63, 3.8) is 0 Å². The lowest BCUT2D eigenvalue weighted by molar-refractivity contribution is -0.116. The van der Waals surface area contributed by atoms with E-state index in [2.05, 4.69) is 5.32 Å². The van der Waals surface area contributed by atoms with Crippen molar-refractivity contribution in [2.24, 2.45) is 7.05 Å². The Morgan fingerprint density at radius 2 is 2.00 bits per heavy atom. The van der Waals surface area contributed by atoms with Gasteiger partial charge in [0.2, 0.25) is 5.91 Å². The number of benzene rings is 1. The summed E-state index contributed by atoms with van der Waals surface area (Å²) in [5.41, 5.74) is 1.93. The first-order valence-electron chi connectivity index (χ1n) is 5.81. The summed E-state index contributed by atoms with van der Waals surface area (Å²) in [5, 5.41) is 3.51. The molecule has 0 aliphatic carbocycles. The summed E-state index contributed by atoms with van der Waals surface area (Å²) in [6, 6.07) is 11.1. The molecule has 0 unspecified atom stereocenters. The van der Waals surface area contributed by atoms with Gasteiger partial charge < -0.3 is 9.88 Å². The minimum atomic E-state index is 0.0125. The molecule has 18 heavy (non-hydrogen) atoms. The zero-order valence-electron chi connectivity index (χ0n) is 10.2. The number of aromatic nitrogens is 1. The molecule has 0 radical (unpaired) electrons. The number of hydrogen-bond donors (Lipinski definition) is 1. The number of halogens is 1. The van der Waals surface area contributed by atoms with Gasteiger partial charge in [-0.2, -0.15) is 0 Å². The second-order valence-corrected chi connectivity index (χ2v) is 4.60. The zero-order valence-corrected chi connectivity index (χ0v) is 10.9. The fourth-order valence-electron chi connectivity index (χ4n) is 1.75. The fourth-order valence-corrected chi connectivity index (χ4v) is 1.88. The van der Waals surface area contributed by atoms with Gasteiger partial charge in [-0.25, -0.2) is 0 Å². The fraction of sp³-hybridized carbons (Fsp3) is 0.214. The van der Waals surface area contributed by atoms with Gasteiger partial charge in [-0.3, -0.25) is 4.79 Å². The van der Waals surface area contributed by atoms with E-state index in [1.165, 1.54) is 0 Å². The Morgan fingerprint density at radius 3 is 2.61 bits per heavy atom. The molecule has 3 nitrogen and oxygen atoms in total. The van der Waals surface area contributed by atoms with Gasteiger partial charge in [-0.15, -0.1) is 0 Å². The molecule has 0 saturated carbocycles. The molecule has 4 heteroatoms. The van der Waals surface area contributed by atoms with Gasteiger partial charge in [-0.05, 0) is 42.8 Å². The van der Waals surface area contributed by atoms with Crippen LogP contribution in [0.5, 0.6) is 0 Å². The molecule has 0 aliphatic rings. The molecule has 0 saturated heterocycles. The van der Waals surface area contributed by atoms with Crippen molar-refractivity contribution in [3.05, 3.63) is 53.3 Å². The number of anilines is 1. The Balaban J connectivity index is 1.86. The molecule has 0 bridgehead atoms. The van der Waals surface area contributed by atoms with Crippen LogP contribution in [0, 0.1) is 0 Å². The summed E-state index contributed by atoms with van der Waals surface area (Å²) in [6.45, 7) is 0. The first-order chi connectivity index (χ1) is 8.65. The van der Waals surface area contributed by atoms with Gasteiger partial charge in [0, 0.05) is 36.1 Å². The number of nitrogens with one attached hydrogen (secondary N) is 1. The highest BCUT2D eigenvalue weighted by Crippen LogP contribution is 2.14. The van der Waals surface area contributed by atoms with Crippen LogP contribution in [-0.4, -0.2) is 10.5 Å². The van der Waals surface area contributed by atoms with Gasteiger partial charge in [0.25, 0.3) is 0 Å². The van der Waals surface area contributed by atoms with Crippen molar-refractivity contribution in [2.45, 2.75) is 12.8 Å². The molecular weight excluding hydrogens is 248 g/mol. The molecule has 1 amide bonds. The number of carbonyl (C=O) groups is 1. The lowest BCUT2D eigenvalue weighted by Crippen LogP contribution is -2.13. The number of rotatable bonds is 4. The van der Waals surface area contributed by atoms with Crippen LogP contribution in [0.15, 0.2) is 42.6 Å². The number of amides is 1. The molecule has 2 rings (SSSR count). The summed E-state index contributed by atoms with van der Waals surface area (Å²) in [6.07, 6.45) is 3.19. The highest BCUT2D eigenvalue weighted by atomic mass is 35.5. The molecule has 94 valence electrons. The van der Waals surface area contributed by atoms with Crippen molar-refractivity contribution in [1.29, 1.82) is 0 Å². The first kappa shape index (κ1) is 12.7. The average molecular weight is 263 g/mol. The first-order valence-corrected chi connectivity index (χ1v) is 6.18. The van der Waals surface area contributed by atoms with E-state index >= 15 is 0 Å². The van der Waals surface area contributed by atoms with Crippen LogP contribution in [0.4, 0.5) is 5.69 Å². The Morgan fingerprint density at radius 1 is 1.28 bits per heavy atom. The lowest BCUT2D eigenvalue weighted by atomic mass is 10.2. The Kier molecular flexibility index (Phi) is 4.05. The smallest absolute Gasteiger partial charge is 0.224 e. The van der Waals surface area contributed by atoms with Gasteiger partial charge >= 0.3 is 0 Å². The quantitative estimate of drug-likeness (QED) is 0.902. The van der Waals surface area contributed by atoms with Gasteiger partial charge in [0.05, 0.1) is 0 Å². The maximum Gasteiger partial charge on any atom is 0.224 e. The number of aryl methyl sites for hydroxylation is 2. The van der Waals surface area contributed by atoms with Crippen molar-refractivity contribution < 1.29 is 4.79 Å². The molecule has 0 atom stereocenters. The van der Waals surface area contributed by atoms with E-state index in [1.54, 1.807) is 24.3 Å². The lowest BCUT2D eigenvalue weighted by Gasteiger charge is -2.06. The highest BCUT2D eigenvalue weighted by molar-refractivity contribution is 6.30. The number of nitrogens with zero attached hydrogens (tertiary/aromatic N) is 1. The third-order valence-electron chi connectivity index (χ3n) is 2.79. The molecular formula is C14H15ClN2O. The molecule has 2 aromatic rings. The van der Waals surface area contributed by atoms with E-state index in [1.807, 2.05) is 29.9 Å². The summed E-state index contributed by atoms with van der Waals surface area (Å²) in [4.78, 5) is 11.8. The molecule has 1 heterocycles. The van der Waals surface area contributed by atoms with E-state index in [4.69, 9.17) is 11.6 Å². The summed E-state index contributed by atoms with van der Waals surface area (Å²) in [7, 11) is 1.98. The van der Waals surface area contributed by atoms with E-state index in [9.17, 15) is 4.79 Å².